The number of hydrogen-bond acceptors (Lipinski definition) is 2. The van der Waals surface area contributed by atoms with Gasteiger partial charge < -0.3 is 9.80 Å². The van der Waals surface area contributed by atoms with Crippen molar-refractivity contribution in [2.75, 3.05) is 32.1 Å². The maximum Gasteiger partial charge on any atom is 0.241 e. The van der Waals surface area contributed by atoms with Gasteiger partial charge in [0.25, 0.3) is 0 Å². The Bertz CT molecular complexity index is 415. The molecule has 1 amide bonds. The Kier molecular flexibility index (Phi) is 5.09. The zero-order valence-electron chi connectivity index (χ0n) is 10.6. The lowest BCUT2D eigenvalue weighted by molar-refractivity contribution is -0.127. The first-order chi connectivity index (χ1) is 8.15. The van der Waals surface area contributed by atoms with Crippen LogP contribution in [0.25, 0.3) is 0 Å². The molecule has 1 rings (SSSR count). The molecule has 0 fully saturated rings. The molecule has 0 aliphatic carbocycles. The summed E-state index contributed by atoms with van der Waals surface area (Å²) >= 11 is 0. The SMILES string of the molecule is CC#CCN(CC(=O)N(C)C)c1ccccc1. The van der Waals surface area contributed by atoms with Gasteiger partial charge in [-0.05, 0) is 19.1 Å². The topological polar surface area (TPSA) is 23.6 Å². The average molecular weight is 230 g/mol. The van der Waals surface area contributed by atoms with Gasteiger partial charge in [-0.2, -0.15) is 0 Å². The second-order valence-electron chi connectivity index (χ2n) is 3.91. The van der Waals surface area contributed by atoms with Crippen LogP contribution in [-0.4, -0.2) is 38.0 Å². The smallest absolute Gasteiger partial charge is 0.241 e. The molecule has 1 aromatic rings. The van der Waals surface area contributed by atoms with E-state index in [1.807, 2.05) is 35.2 Å². The van der Waals surface area contributed by atoms with Gasteiger partial charge in [-0.3, -0.25) is 4.79 Å². The van der Waals surface area contributed by atoms with Crippen molar-refractivity contribution < 1.29 is 4.79 Å². The molecule has 0 aliphatic heterocycles. The van der Waals surface area contributed by atoms with E-state index in [1.165, 1.54) is 0 Å². The third-order valence-electron chi connectivity index (χ3n) is 2.39. The zero-order chi connectivity index (χ0) is 12.7. The molecule has 0 unspecified atom stereocenters. The molecule has 0 saturated heterocycles. The maximum absolute atomic E-state index is 11.7. The Morgan fingerprint density at radius 2 is 1.88 bits per heavy atom. The molecule has 3 nitrogen and oxygen atoms in total. The molecule has 3 heteroatoms. The van der Waals surface area contributed by atoms with Gasteiger partial charge in [0.1, 0.15) is 0 Å². The first-order valence-electron chi connectivity index (χ1n) is 5.55. The number of benzene rings is 1. The largest absolute Gasteiger partial charge is 0.351 e. The molecule has 0 aromatic heterocycles. The molecule has 90 valence electrons. The van der Waals surface area contributed by atoms with Crippen molar-refractivity contribution >= 4 is 11.6 Å². The van der Waals surface area contributed by atoms with Crippen LogP contribution in [0.2, 0.25) is 0 Å². The van der Waals surface area contributed by atoms with Gasteiger partial charge in [0.05, 0.1) is 13.1 Å². The van der Waals surface area contributed by atoms with E-state index in [1.54, 1.807) is 25.9 Å². The summed E-state index contributed by atoms with van der Waals surface area (Å²) in [5.74, 6) is 5.93. The Balaban J connectivity index is 2.80. The Hall–Kier alpha value is -1.95. The summed E-state index contributed by atoms with van der Waals surface area (Å²) in [6.07, 6.45) is 0. The molecule has 0 heterocycles. The molecule has 1 aromatic carbocycles. The summed E-state index contributed by atoms with van der Waals surface area (Å²) in [6, 6.07) is 9.85. The predicted octanol–water partition coefficient (Wildman–Crippen LogP) is 1.60. The fourth-order valence-electron chi connectivity index (χ4n) is 1.36. The van der Waals surface area contributed by atoms with Crippen LogP contribution < -0.4 is 4.90 Å². The van der Waals surface area contributed by atoms with Crippen LogP contribution in [0.5, 0.6) is 0 Å². The summed E-state index contributed by atoms with van der Waals surface area (Å²) < 4.78 is 0. The van der Waals surface area contributed by atoms with Crippen LogP contribution in [0.3, 0.4) is 0 Å². The molecule has 0 atom stereocenters. The number of likely N-dealkylation sites (N-methyl/N-ethyl adjacent to an activating group) is 1. The average Bonchev–Trinajstić information content (AvgIpc) is 2.35. The highest BCUT2D eigenvalue weighted by Gasteiger charge is 2.11. The van der Waals surface area contributed by atoms with Crippen LogP contribution in [-0.2, 0) is 4.79 Å². The fraction of sp³-hybridized carbons (Fsp3) is 0.357. The Morgan fingerprint density at radius 3 is 2.41 bits per heavy atom. The lowest BCUT2D eigenvalue weighted by Crippen LogP contribution is -2.36. The minimum atomic E-state index is 0.0757. The molecule has 0 N–H and O–H groups in total. The summed E-state index contributed by atoms with van der Waals surface area (Å²) in [5, 5.41) is 0. The van der Waals surface area contributed by atoms with Crippen LogP contribution in [0.1, 0.15) is 6.92 Å². The zero-order valence-corrected chi connectivity index (χ0v) is 10.6. The van der Waals surface area contributed by atoms with Gasteiger partial charge in [-0.25, -0.2) is 0 Å². The third-order valence-corrected chi connectivity index (χ3v) is 2.39. The van der Waals surface area contributed by atoms with Gasteiger partial charge >= 0.3 is 0 Å². The van der Waals surface area contributed by atoms with E-state index < -0.39 is 0 Å². The third kappa shape index (κ3) is 4.20. The number of carbonyl (C=O) groups is 1. The highest BCUT2D eigenvalue weighted by atomic mass is 16.2. The van der Waals surface area contributed by atoms with E-state index in [2.05, 4.69) is 11.8 Å². The van der Waals surface area contributed by atoms with Gasteiger partial charge in [0.2, 0.25) is 5.91 Å². The van der Waals surface area contributed by atoms with Gasteiger partial charge in [0, 0.05) is 19.8 Å². The van der Waals surface area contributed by atoms with E-state index in [4.69, 9.17) is 0 Å². The predicted molar refractivity (Wildman–Crippen MR) is 70.8 cm³/mol. The van der Waals surface area contributed by atoms with Gasteiger partial charge in [-0.15, -0.1) is 5.92 Å². The molecule has 17 heavy (non-hydrogen) atoms. The highest BCUT2D eigenvalue weighted by Crippen LogP contribution is 2.12. The maximum atomic E-state index is 11.7. The minimum absolute atomic E-state index is 0.0757. The molecular weight excluding hydrogens is 212 g/mol. The van der Waals surface area contributed by atoms with Crippen LogP contribution in [0.15, 0.2) is 30.3 Å². The lowest BCUT2D eigenvalue weighted by Gasteiger charge is -2.23. The molecule has 0 spiro atoms. The van der Waals surface area contributed by atoms with Crippen molar-refractivity contribution in [2.45, 2.75) is 6.92 Å². The van der Waals surface area contributed by atoms with E-state index >= 15 is 0 Å². The molecule has 0 radical (unpaired) electrons. The van der Waals surface area contributed by atoms with Crippen molar-refractivity contribution in [1.29, 1.82) is 0 Å². The van der Waals surface area contributed by atoms with Gasteiger partial charge in [0.15, 0.2) is 0 Å². The second-order valence-corrected chi connectivity index (χ2v) is 3.91. The summed E-state index contributed by atoms with van der Waals surface area (Å²) in [7, 11) is 3.52. The summed E-state index contributed by atoms with van der Waals surface area (Å²) in [5.41, 5.74) is 1.02. The summed E-state index contributed by atoms with van der Waals surface area (Å²) in [6.45, 7) is 2.72. The Labute approximate surface area is 103 Å². The standard InChI is InChI=1S/C14H18N2O/c1-4-5-11-16(12-14(17)15(2)3)13-9-7-6-8-10-13/h6-10H,11-12H2,1-3H3. The van der Waals surface area contributed by atoms with E-state index in [0.29, 0.717) is 13.1 Å². The van der Waals surface area contributed by atoms with Crippen molar-refractivity contribution in [3.05, 3.63) is 30.3 Å². The minimum Gasteiger partial charge on any atom is -0.351 e. The van der Waals surface area contributed by atoms with Crippen LogP contribution in [0.4, 0.5) is 5.69 Å². The molecule has 0 aliphatic rings. The van der Waals surface area contributed by atoms with Crippen LogP contribution >= 0.6 is 0 Å². The highest BCUT2D eigenvalue weighted by molar-refractivity contribution is 5.81. The number of carbonyl (C=O) groups excluding carboxylic acids is 1. The number of anilines is 1. The lowest BCUT2D eigenvalue weighted by atomic mass is 10.3. The molecular formula is C14H18N2O. The second kappa shape index (κ2) is 6.59. The van der Waals surface area contributed by atoms with E-state index in [0.717, 1.165) is 5.69 Å². The number of para-hydroxylation sites is 1. The van der Waals surface area contributed by atoms with Crippen molar-refractivity contribution in [2.24, 2.45) is 0 Å². The first kappa shape index (κ1) is 13.1. The molecule has 0 saturated carbocycles. The number of amides is 1. The van der Waals surface area contributed by atoms with Crippen molar-refractivity contribution in [1.82, 2.24) is 4.90 Å². The van der Waals surface area contributed by atoms with E-state index in [-0.39, 0.29) is 5.91 Å². The first-order valence-corrected chi connectivity index (χ1v) is 5.55. The van der Waals surface area contributed by atoms with Gasteiger partial charge in [-0.1, -0.05) is 24.1 Å². The fourth-order valence-corrected chi connectivity index (χ4v) is 1.36. The van der Waals surface area contributed by atoms with Crippen LogP contribution in [0, 0.1) is 11.8 Å². The van der Waals surface area contributed by atoms with Crippen molar-refractivity contribution in [3.8, 4) is 11.8 Å². The number of rotatable bonds is 4. The summed E-state index contributed by atoms with van der Waals surface area (Å²) in [4.78, 5) is 15.3. The number of nitrogens with zero attached hydrogens (tertiary/aromatic N) is 2. The number of hydrogen-bond donors (Lipinski definition) is 0. The Morgan fingerprint density at radius 1 is 1.24 bits per heavy atom. The monoisotopic (exact) mass is 230 g/mol. The quantitative estimate of drug-likeness (QED) is 0.734. The normalized spacial score (nSPS) is 9.12. The molecule has 0 bridgehead atoms. The van der Waals surface area contributed by atoms with Crippen molar-refractivity contribution in [3.63, 3.8) is 0 Å². The van der Waals surface area contributed by atoms with E-state index in [9.17, 15) is 4.79 Å².